The first kappa shape index (κ1) is 18.9. The Labute approximate surface area is 150 Å². The number of aromatic nitrogens is 1. The predicted octanol–water partition coefficient (Wildman–Crippen LogP) is 1.63. The molecule has 0 radical (unpaired) electrons. The summed E-state index contributed by atoms with van der Waals surface area (Å²) in [6.45, 7) is 5.06. The lowest BCUT2D eigenvalue weighted by Crippen LogP contribution is -2.49. The molecule has 0 unspecified atom stereocenters. The standard InChI is InChI=1S/C16H20N2O6S/c1-15(2,3)23-14(21)17-16(13(20)22-4)9-10(16)12(19)24-18-8-6-5-7-11(18)25/h5-8,10H,9H2,1-4H3,(H,17,21)/t10-,16-/m0/s1. The molecule has 2 atom stereocenters. The third-order valence-corrected chi connectivity index (χ3v) is 3.81. The van der Waals surface area contributed by atoms with Crippen LogP contribution in [0.15, 0.2) is 24.4 Å². The second-order valence-corrected chi connectivity index (χ2v) is 7.04. The lowest BCUT2D eigenvalue weighted by Gasteiger charge is -2.22. The largest absolute Gasteiger partial charge is 0.467 e. The normalized spacial score (nSPS) is 21.8. The highest BCUT2D eigenvalue weighted by Gasteiger charge is 2.67. The molecular weight excluding hydrogens is 348 g/mol. The minimum atomic E-state index is -1.49. The summed E-state index contributed by atoms with van der Waals surface area (Å²) in [7, 11) is 1.18. The Kier molecular flexibility index (Phi) is 5.17. The fourth-order valence-electron chi connectivity index (χ4n) is 2.28. The molecule has 0 aliphatic heterocycles. The lowest BCUT2D eigenvalue weighted by molar-refractivity contribution is -0.152. The summed E-state index contributed by atoms with van der Waals surface area (Å²) in [6, 6.07) is 4.93. The van der Waals surface area contributed by atoms with Crippen molar-refractivity contribution in [3.63, 3.8) is 0 Å². The molecule has 0 bridgehead atoms. The summed E-state index contributed by atoms with van der Waals surface area (Å²) in [5.74, 6) is -2.34. The number of nitrogens with one attached hydrogen (secondary N) is 1. The fraction of sp³-hybridized carbons (Fsp3) is 0.500. The number of ether oxygens (including phenoxy) is 2. The van der Waals surface area contributed by atoms with Gasteiger partial charge in [0, 0.05) is 6.20 Å². The van der Waals surface area contributed by atoms with Crippen molar-refractivity contribution in [1.29, 1.82) is 0 Å². The van der Waals surface area contributed by atoms with Gasteiger partial charge in [0.25, 0.3) is 0 Å². The summed E-state index contributed by atoms with van der Waals surface area (Å²) >= 11 is 5.04. The average Bonchev–Trinajstić information content (AvgIpc) is 3.22. The minimum Gasteiger partial charge on any atom is -0.467 e. The monoisotopic (exact) mass is 368 g/mol. The zero-order chi connectivity index (χ0) is 18.8. The molecule has 0 spiro atoms. The molecular formula is C16H20N2O6S. The number of carbonyl (C=O) groups excluding carboxylic acids is 3. The molecule has 2 rings (SSSR count). The Morgan fingerprint density at radius 3 is 2.56 bits per heavy atom. The number of hydrogen-bond acceptors (Lipinski definition) is 7. The van der Waals surface area contributed by atoms with Crippen LogP contribution in [0.2, 0.25) is 0 Å². The lowest BCUT2D eigenvalue weighted by atomic mass is 10.2. The van der Waals surface area contributed by atoms with E-state index in [9.17, 15) is 14.4 Å². The van der Waals surface area contributed by atoms with Crippen LogP contribution in [-0.4, -0.2) is 41.0 Å². The van der Waals surface area contributed by atoms with Gasteiger partial charge >= 0.3 is 18.0 Å². The second kappa shape index (κ2) is 6.83. The van der Waals surface area contributed by atoms with Crippen LogP contribution in [-0.2, 0) is 19.1 Å². The third kappa shape index (κ3) is 4.36. The van der Waals surface area contributed by atoms with Crippen LogP contribution in [0.3, 0.4) is 0 Å². The number of carbonyl (C=O) groups is 3. The van der Waals surface area contributed by atoms with E-state index in [-0.39, 0.29) is 6.42 Å². The van der Waals surface area contributed by atoms with Crippen molar-refractivity contribution >= 4 is 30.2 Å². The van der Waals surface area contributed by atoms with E-state index in [1.54, 1.807) is 39.0 Å². The van der Waals surface area contributed by atoms with E-state index in [4.69, 9.17) is 26.5 Å². The molecule has 1 saturated carbocycles. The van der Waals surface area contributed by atoms with Crippen LogP contribution in [0.25, 0.3) is 0 Å². The predicted molar refractivity (Wildman–Crippen MR) is 89.1 cm³/mol. The number of hydrogen-bond donors (Lipinski definition) is 1. The van der Waals surface area contributed by atoms with Crippen LogP contribution in [0.1, 0.15) is 27.2 Å². The molecule has 1 aromatic heterocycles. The van der Waals surface area contributed by atoms with Gasteiger partial charge in [-0.3, -0.25) is 0 Å². The maximum Gasteiger partial charge on any atom is 0.408 e. The molecule has 1 amide bonds. The summed E-state index contributed by atoms with van der Waals surface area (Å²) in [5, 5.41) is 2.43. The maximum absolute atomic E-state index is 12.3. The van der Waals surface area contributed by atoms with E-state index < -0.39 is 35.1 Å². The molecule has 25 heavy (non-hydrogen) atoms. The Hall–Kier alpha value is -2.42. The van der Waals surface area contributed by atoms with Gasteiger partial charge in [0.05, 0.1) is 13.0 Å². The van der Waals surface area contributed by atoms with Gasteiger partial charge < -0.3 is 19.6 Å². The Balaban J connectivity index is 2.12. The summed E-state index contributed by atoms with van der Waals surface area (Å²) in [5.41, 5.74) is -2.24. The Morgan fingerprint density at radius 2 is 2.00 bits per heavy atom. The van der Waals surface area contributed by atoms with Crippen molar-refractivity contribution in [3.8, 4) is 0 Å². The summed E-state index contributed by atoms with van der Waals surface area (Å²) in [4.78, 5) is 41.6. The first-order valence-electron chi connectivity index (χ1n) is 7.58. The average molecular weight is 368 g/mol. The van der Waals surface area contributed by atoms with Crippen LogP contribution in [0, 0.1) is 10.6 Å². The van der Waals surface area contributed by atoms with Crippen molar-refractivity contribution in [2.45, 2.75) is 38.3 Å². The van der Waals surface area contributed by atoms with Crippen molar-refractivity contribution in [3.05, 3.63) is 29.0 Å². The smallest absolute Gasteiger partial charge is 0.408 e. The summed E-state index contributed by atoms with van der Waals surface area (Å²) < 4.78 is 11.3. The Morgan fingerprint density at radius 1 is 1.32 bits per heavy atom. The quantitative estimate of drug-likeness (QED) is 0.637. The van der Waals surface area contributed by atoms with E-state index in [2.05, 4.69) is 5.32 Å². The number of alkyl carbamates (subject to hydrolysis) is 1. The Bertz CT molecular complexity index is 753. The second-order valence-electron chi connectivity index (χ2n) is 6.62. The zero-order valence-electron chi connectivity index (χ0n) is 14.4. The highest BCUT2D eigenvalue weighted by Crippen LogP contribution is 2.45. The number of esters is 1. The van der Waals surface area contributed by atoms with Gasteiger partial charge in [-0.25, -0.2) is 14.4 Å². The molecule has 1 aromatic rings. The molecule has 0 aromatic carbocycles. The van der Waals surface area contributed by atoms with E-state index in [1.807, 2.05) is 0 Å². The first-order valence-corrected chi connectivity index (χ1v) is 7.99. The number of pyridine rings is 1. The molecule has 1 fully saturated rings. The number of amides is 1. The molecule has 1 N–H and O–H groups in total. The highest BCUT2D eigenvalue weighted by molar-refractivity contribution is 7.71. The number of nitrogens with zero attached hydrogens (tertiary/aromatic N) is 1. The van der Waals surface area contributed by atoms with Crippen molar-refractivity contribution in [2.24, 2.45) is 5.92 Å². The van der Waals surface area contributed by atoms with Gasteiger partial charge in [0.1, 0.15) is 10.2 Å². The van der Waals surface area contributed by atoms with E-state index in [0.29, 0.717) is 4.64 Å². The molecule has 8 nitrogen and oxygen atoms in total. The van der Waals surface area contributed by atoms with Gasteiger partial charge in [-0.15, -0.1) is 0 Å². The molecule has 1 heterocycles. The van der Waals surface area contributed by atoms with Crippen molar-refractivity contribution in [2.75, 3.05) is 7.11 Å². The molecule has 1 aliphatic carbocycles. The van der Waals surface area contributed by atoms with Gasteiger partial charge in [-0.2, -0.15) is 4.73 Å². The van der Waals surface area contributed by atoms with Crippen LogP contribution >= 0.6 is 12.2 Å². The first-order chi connectivity index (χ1) is 11.6. The summed E-state index contributed by atoms with van der Waals surface area (Å²) in [6.07, 6.45) is 0.714. The van der Waals surface area contributed by atoms with Gasteiger partial charge in [0.15, 0.2) is 5.54 Å². The number of rotatable bonds is 4. The van der Waals surface area contributed by atoms with Crippen LogP contribution in [0.4, 0.5) is 4.79 Å². The number of methoxy groups -OCH3 is 1. The SMILES string of the molecule is COC(=O)[C@]1(NC(=O)OC(C)(C)C)C[C@H]1C(=O)On1ccccc1=S. The van der Waals surface area contributed by atoms with Gasteiger partial charge in [0.2, 0.25) is 0 Å². The highest BCUT2D eigenvalue weighted by atomic mass is 32.1. The third-order valence-electron chi connectivity index (χ3n) is 3.50. The fourth-order valence-corrected chi connectivity index (χ4v) is 2.46. The van der Waals surface area contributed by atoms with Gasteiger partial charge in [-0.05, 0) is 39.3 Å². The van der Waals surface area contributed by atoms with E-state index in [0.717, 1.165) is 4.73 Å². The molecule has 136 valence electrons. The van der Waals surface area contributed by atoms with Gasteiger partial charge in [-0.1, -0.05) is 18.3 Å². The van der Waals surface area contributed by atoms with Crippen LogP contribution < -0.4 is 10.2 Å². The topological polar surface area (TPSA) is 95.9 Å². The minimum absolute atomic E-state index is 0.0535. The zero-order valence-corrected chi connectivity index (χ0v) is 15.2. The maximum atomic E-state index is 12.3. The molecule has 0 saturated heterocycles. The molecule has 1 aliphatic rings. The van der Waals surface area contributed by atoms with Crippen molar-refractivity contribution in [1.82, 2.24) is 10.0 Å². The molecule has 9 heteroatoms. The van der Waals surface area contributed by atoms with E-state index in [1.165, 1.54) is 13.3 Å². The van der Waals surface area contributed by atoms with E-state index >= 15 is 0 Å². The van der Waals surface area contributed by atoms with Crippen molar-refractivity contribution < 1.29 is 28.7 Å². The van der Waals surface area contributed by atoms with Crippen LogP contribution in [0.5, 0.6) is 0 Å².